The molecule has 7 heteroatoms. The fourth-order valence-electron chi connectivity index (χ4n) is 4.08. The van der Waals surface area contributed by atoms with Crippen molar-refractivity contribution in [1.82, 2.24) is 25.2 Å². The maximum atomic E-state index is 12.2. The molecule has 3 atom stereocenters. The van der Waals surface area contributed by atoms with Crippen molar-refractivity contribution in [2.45, 2.75) is 50.7 Å². The van der Waals surface area contributed by atoms with E-state index >= 15 is 0 Å². The van der Waals surface area contributed by atoms with E-state index in [1.54, 1.807) is 0 Å². The van der Waals surface area contributed by atoms with E-state index in [0.29, 0.717) is 18.6 Å². The zero-order chi connectivity index (χ0) is 17.1. The maximum Gasteiger partial charge on any atom is 0.315 e. The Kier molecular flexibility index (Phi) is 4.83. The second kappa shape index (κ2) is 7.39. The molecule has 134 valence electrons. The molecule has 1 aliphatic carbocycles. The first-order valence-electron chi connectivity index (χ1n) is 9.26. The Bertz CT molecular complexity index is 731. The molecule has 1 saturated heterocycles. The minimum Gasteiger partial charge on any atom is -0.378 e. The molecule has 2 aromatic heterocycles. The summed E-state index contributed by atoms with van der Waals surface area (Å²) in [5.41, 5.74) is 0.855. The summed E-state index contributed by atoms with van der Waals surface area (Å²) in [5, 5.41) is 14.5. The van der Waals surface area contributed by atoms with E-state index in [-0.39, 0.29) is 12.1 Å². The fraction of sp³-hybridized carbons (Fsp3) is 0.611. The zero-order valence-corrected chi connectivity index (χ0v) is 14.4. The first kappa shape index (κ1) is 16.3. The molecule has 2 aliphatic rings. The number of pyridine rings is 1. The number of fused-ring (bicyclic) bond motifs is 2. The normalized spacial score (nSPS) is 25.7. The van der Waals surface area contributed by atoms with Crippen molar-refractivity contribution in [2.24, 2.45) is 5.92 Å². The standard InChI is InChI=1S/C18H25N5O2/c24-18(20-14-5-3-6-15-13(14)9-12-25-15)19-10-4-8-17-22-21-16-7-1-2-11-23(16)17/h1-2,7,11,13-15H,3-6,8-10,12H2,(H2,19,20,24)/t13-,14-,15-/m1/s1. The van der Waals surface area contributed by atoms with E-state index in [1.165, 1.54) is 0 Å². The van der Waals surface area contributed by atoms with Crippen LogP contribution in [0.3, 0.4) is 0 Å². The largest absolute Gasteiger partial charge is 0.378 e. The van der Waals surface area contributed by atoms with Crippen LogP contribution in [0, 0.1) is 5.92 Å². The van der Waals surface area contributed by atoms with Crippen LogP contribution in [0.5, 0.6) is 0 Å². The lowest BCUT2D eigenvalue weighted by Gasteiger charge is -2.33. The zero-order valence-electron chi connectivity index (χ0n) is 14.4. The van der Waals surface area contributed by atoms with Gasteiger partial charge >= 0.3 is 6.03 Å². The summed E-state index contributed by atoms with van der Waals surface area (Å²) >= 11 is 0. The van der Waals surface area contributed by atoms with Crippen LogP contribution in [-0.2, 0) is 11.2 Å². The van der Waals surface area contributed by atoms with E-state index < -0.39 is 0 Å². The van der Waals surface area contributed by atoms with E-state index in [0.717, 1.165) is 56.6 Å². The molecule has 1 aliphatic heterocycles. The molecular formula is C18H25N5O2. The van der Waals surface area contributed by atoms with Crippen LogP contribution >= 0.6 is 0 Å². The summed E-state index contributed by atoms with van der Waals surface area (Å²) in [6, 6.07) is 6.04. The third kappa shape index (κ3) is 3.61. The Morgan fingerprint density at radius 2 is 2.24 bits per heavy atom. The second-order valence-corrected chi connectivity index (χ2v) is 6.95. The SMILES string of the molecule is O=C(NCCCc1nnc2ccccn12)N[C@@H]1CCC[C@H]2OCC[C@H]12. The minimum atomic E-state index is -0.0661. The summed E-state index contributed by atoms with van der Waals surface area (Å²) in [4.78, 5) is 12.2. The number of aryl methyl sites for hydroxylation is 1. The van der Waals surface area contributed by atoms with Crippen LogP contribution < -0.4 is 10.6 Å². The summed E-state index contributed by atoms with van der Waals surface area (Å²) in [7, 11) is 0. The molecule has 0 unspecified atom stereocenters. The number of carbonyl (C=O) groups is 1. The Hall–Kier alpha value is -2.15. The van der Waals surface area contributed by atoms with Crippen LogP contribution in [0.2, 0.25) is 0 Å². The van der Waals surface area contributed by atoms with Gasteiger partial charge in [0.2, 0.25) is 0 Å². The van der Waals surface area contributed by atoms with Gasteiger partial charge in [-0.1, -0.05) is 6.07 Å². The molecule has 7 nitrogen and oxygen atoms in total. The number of hydrogen-bond acceptors (Lipinski definition) is 4. The number of nitrogens with one attached hydrogen (secondary N) is 2. The lowest BCUT2D eigenvalue weighted by Crippen LogP contribution is -2.49. The molecule has 0 spiro atoms. The summed E-state index contributed by atoms with van der Waals surface area (Å²) in [5.74, 6) is 1.41. The smallest absolute Gasteiger partial charge is 0.315 e. The third-order valence-electron chi connectivity index (χ3n) is 5.34. The van der Waals surface area contributed by atoms with Crippen LogP contribution in [-0.4, -0.2) is 45.9 Å². The number of ether oxygens (including phenoxy) is 1. The molecule has 2 aromatic rings. The number of rotatable bonds is 5. The van der Waals surface area contributed by atoms with Crippen molar-refractivity contribution in [3.63, 3.8) is 0 Å². The molecule has 1 saturated carbocycles. The van der Waals surface area contributed by atoms with Crippen molar-refractivity contribution in [1.29, 1.82) is 0 Å². The molecule has 3 heterocycles. The van der Waals surface area contributed by atoms with Gasteiger partial charge in [0.05, 0.1) is 6.10 Å². The number of urea groups is 1. The number of carbonyl (C=O) groups excluding carboxylic acids is 1. The molecule has 2 fully saturated rings. The summed E-state index contributed by atoms with van der Waals surface area (Å²) in [6.45, 7) is 1.46. The quantitative estimate of drug-likeness (QED) is 0.813. The van der Waals surface area contributed by atoms with Crippen molar-refractivity contribution in [2.75, 3.05) is 13.2 Å². The lowest BCUT2D eigenvalue weighted by molar-refractivity contribution is 0.0549. The van der Waals surface area contributed by atoms with Gasteiger partial charge in [0, 0.05) is 37.7 Å². The van der Waals surface area contributed by atoms with Gasteiger partial charge in [-0.15, -0.1) is 10.2 Å². The highest BCUT2D eigenvalue weighted by Gasteiger charge is 2.38. The molecule has 0 radical (unpaired) electrons. The Morgan fingerprint density at radius 1 is 1.28 bits per heavy atom. The Labute approximate surface area is 147 Å². The Balaban J connectivity index is 1.21. The van der Waals surface area contributed by atoms with Gasteiger partial charge in [-0.3, -0.25) is 4.40 Å². The minimum absolute atomic E-state index is 0.0661. The summed E-state index contributed by atoms with van der Waals surface area (Å²) in [6.07, 6.45) is 8.33. The van der Waals surface area contributed by atoms with E-state index in [9.17, 15) is 4.79 Å². The molecule has 2 amide bonds. The van der Waals surface area contributed by atoms with Crippen molar-refractivity contribution < 1.29 is 9.53 Å². The average Bonchev–Trinajstić information content (AvgIpc) is 3.26. The topological polar surface area (TPSA) is 80.6 Å². The van der Waals surface area contributed by atoms with Gasteiger partial charge in [0.15, 0.2) is 5.65 Å². The lowest BCUT2D eigenvalue weighted by atomic mass is 9.82. The van der Waals surface area contributed by atoms with Gasteiger partial charge in [-0.05, 0) is 44.2 Å². The first-order chi connectivity index (χ1) is 12.3. The van der Waals surface area contributed by atoms with Gasteiger partial charge in [-0.2, -0.15) is 0 Å². The number of hydrogen-bond donors (Lipinski definition) is 2. The predicted octanol–water partition coefficient (Wildman–Crippen LogP) is 1.92. The predicted molar refractivity (Wildman–Crippen MR) is 93.3 cm³/mol. The molecule has 2 N–H and O–H groups in total. The van der Waals surface area contributed by atoms with Crippen LogP contribution in [0.4, 0.5) is 4.79 Å². The monoisotopic (exact) mass is 343 g/mol. The van der Waals surface area contributed by atoms with Gasteiger partial charge in [0.25, 0.3) is 0 Å². The molecule has 4 rings (SSSR count). The highest BCUT2D eigenvalue weighted by Crippen LogP contribution is 2.34. The van der Waals surface area contributed by atoms with Crippen LogP contribution in [0.25, 0.3) is 5.65 Å². The van der Waals surface area contributed by atoms with Crippen LogP contribution in [0.1, 0.15) is 37.9 Å². The number of nitrogens with zero attached hydrogens (tertiary/aromatic N) is 3. The van der Waals surface area contributed by atoms with Crippen molar-refractivity contribution in [3.8, 4) is 0 Å². The van der Waals surface area contributed by atoms with E-state index in [1.807, 2.05) is 28.8 Å². The third-order valence-corrected chi connectivity index (χ3v) is 5.34. The average molecular weight is 343 g/mol. The highest BCUT2D eigenvalue weighted by molar-refractivity contribution is 5.74. The van der Waals surface area contributed by atoms with E-state index in [4.69, 9.17) is 4.74 Å². The highest BCUT2D eigenvalue weighted by atomic mass is 16.5. The van der Waals surface area contributed by atoms with Crippen LogP contribution in [0.15, 0.2) is 24.4 Å². The maximum absolute atomic E-state index is 12.2. The molecular weight excluding hydrogens is 318 g/mol. The first-order valence-corrected chi connectivity index (χ1v) is 9.26. The fourth-order valence-corrected chi connectivity index (χ4v) is 4.08. The Morgan fingerprint density at radius 3 is 3.20 bits per heavy atom. The number of amides is 2. The molecule has 25 heavy (non-hydrogen) atoms. The van der Waals surface area contributed by atoms with Crippen molar-refractivity contribution >= 4 is 11.7 Å². The van der Waals surface area contributed by atoms with E-state index in [2.05, 4.69) is 20.8 Å². The second-order valence-electron chi connectivity index (χ2n) is 6.95. The van der Waals surface area contributed by atoms with Gasteiger partial charge in [0.1, 0.15) is 5.82 Å². The summed E-state index contributed by atoms with van der Waals surface area (Å²) < 4.78 is 7.75. The molecule has 0 bridgehead atoms. The molecule has 0 aromatic carbocycles. The van der Waals surface area contributed by atoms with Crippen molar-refractivity contribution in [3.05, 3.63) is 30.2 Å². The van der Waals surface area contributed by atoms with Gasteiger partial charge < -0.3 is 15.4 Å². The number of aromatic nitrogens is 3. The van der Waals surface area contributed by atoms with Gasteiger partial charge in [-0.25, -0.2) is 4.79 Å².